The Balaban J connectivity index is 2.27. The Labute approximate surface area is 107 Å². The molecule has 0 saturated heterocycles. The normalized spacial score (nSPS) is 14.7. The molecular weight excluding hydrogens is 232 g/mol. The number of rotatable bonds is 6. The van der Waals surface area contributed by atoms with Crippen molar-refractivity contribution < 1.29 is 4.74 Å². The van der Waals surface area contributed by atoms with E-state index in [1.165, 1.54) is 20.0 Å². The Hall–Kier alpha value is -1.63. The van der Waals surface area contributed by atoms with Gasteiger partial charge < -0.3 is 9.64 Å². The first-order chi connectivity index (χ1) is 8.63. The molecule has 1 heterocycles. The van der Waals surface area contributed by atoms with Gasteiger partial charge in [0.25, 0.3) is 0 Å². The van der Waals surface area contributed by atoms with Gasteiger partial charge in [0.15, 0.2) is 0 Å². The number of hydrogen-bond donors (Lipinski definition) is 2. The number of anilines is 2. The summed E-state index contributed by atoms with van der Waals surface area (Å²) in [6.45, 7) is 5.27. The van der Waals surface area contributed by atoms with Crippen LogP contribution < -0.4 is 20.9 Å². The molecule has 0 radical (unpaired) electrons. The topological polar surface area (TPSA) is 89.2 Å². The number of hydrazine groups is 1. The third-order valence-corrected chi connectivity index (χ3v) is 2.72. The second-order valence-corrected chi connectivity index (χ2v) is 4.87. The van der Waals surface area contributed by atoms with Gasteiger partial charge in [-0.3, -0.25) is 5.43 Å². The van der Waals surface area contributed by atoms with Crippen LogP contribution in [0.5, 0.6) is 6.01 Å². The molecule has 0 spiro atoms. The Morgan fingerprint density at radius 1 is 1.39 bits per heavy atom. The molecule has 0 bridgehead atoms. The fourth-order valence-corrected chi connectivity index (χ4v) is 1.80. The van der Waals surface area contributed by atoms with Crippen molar-refractivity contribution in [1.29, 1.82) is 0 Å². The molecule has 1 aromatic heterocycles. The van der Waals surface area contributed by atoms with Crippen molar-refractivity contribution in [3.63, 3.8) is 0 Å². The minimum Gasteiger partial charge on any atom is -0.467 e. The molecule has 1 saturated carbocycles. The van der Waals surface area contributed by atoms with Gasteiger partial charge >= 0.3 is 6.01 Å². The smallest absolute Gasteiger partial charge is 0.322 e. The number of hydrogen-bond acceptors (Lipinski definition) is 7. The first kappa shape index (κ1) is 12.8. The van der Waals surface area contributed by atoms with Crippen LogP contribution in [0, 0.1) is 5.92 Å². The fourth-order valence-electron chi connectivity index (χ4n) is 1.80. The third kappa shape index (κ3) is 2.98. The highest BCUT2D eigenvalue weighted by molar-refractivity contribution is 5.40. The predicted octanol–water partition coefficient (Wildman–Crippen LogP) is 0.791. The van der Waals surface area contributed by atoms with E-state index in [-0.39, 0.29) is 6.01 Å². The lowest BCUT2D eigenvalue weighted by atomic mass is 10.2. The summed E-state index contributed by atoms with van der Waals surface area (Å²) in [5.41, 5.74) is 2.44. The maximum absolute atomic E-state index is 5.36. The van der Waals surface area contributed by atoms with Crippen LogP contribution in [0.3, 0.4) is 0 Å². The van der Waals surface area contributed by atoms with E-state index in [4.69, 9.17) is 10.6 Å². The average Bonchev–Trinajstić information content (AvgIpc) is 3.19. The first-order valence-electron chi connectivity index (χ1n) is 6.17. The maximum atomic E-state index is 5.36. The molecular formula is C11H20N6O. The van der Waals surface area contributed by atoms with Crippen LogP contribution in [-0.4, -0.2) is 34.6 Å². The van der Waals surface area contributed by atoms with Gasteiger partial charge in [-0.05, 0) is 18.8 Å². The number of methoxy groups -OCH3 is 1. The highest BCUT2D eigenvalue weighted by Gasteiger charge is 2.31. The maximum Gasteiger partial charge on any atom is 0.322 e. The molecule has 1 aliphatic carbocycles. The summed E-state index contributed by atoms with van der Waals surface area (Å²) in [5.74, 6) is 6.86. The minimum atomic E-state index is 0.280. The number of nitrogens with one attached hydrogen (secondary N) is 1. The quantitative estimate of drug-likeness (QED) is 0.571. The molecule has 0 amide bonds. The summed E-state index contributed by atoms with van der Waals surface area (Å²) in [5, 5.41) is 0. The van der Waals surface area contributed by atoms with E-state index in [1.807, 2.05) is 0 Å². The molecule has 3 N–H and O–H groups in total. The third-order valence-electron chi connectivity index (χ3n) is 2.72. The second-order valence-electron chi connectivity index (χ2n) is 4.87. The average molecular weight is 252 g/mol. The lowest BCUT2D eigenvalue weighted by Crippen LogP contribution is -2.32. The zero-order valence-corrected chi connectivity index (χ0v) is 11.1. The van der Waals surface area contributed by atoms with Crippen LogP contribution in [0.1, 0.15) is 26.7 Å². The Kier molecular flexibility index (Phi) is 3.81. The van der Waals surface area contributed by atoms with Crippen molar-refractivity contribution in [1.82, 2.24) is 15.0 Å². The van der Waals surface area contributed by atoms with E-state index in [2.05, 4.69) is 39.1 Å². The van der Waals surface area contributed by atoms with E-state index in [1.54, 1.807) is 0 Å². The van der Waals surface area contributed by atoms with E-state index >= 15 is 0 Å². The zero-order chi connectivity index (χ0) is 13.1. The summed E-state index contributed by atoms with van der Waals surface area (Å²) < 4.78 is 5.07. The van der Waals surface area contributed by atoms with Crippen molar-refractivity contribution in [3.8, 4) is 6.01 Å². The van der Waals surface area contributed by atoms with Crippen LogP contribution >= 0.6 is 0 Å². The molecule has 0 atom stereocenters. The van der Waals surface area contributed by atoms with Gasteiger partial charge in [0, 0.05) is 12.6 Å². The molecule has 1 fully saturated rings. The summed E-state index contributed by atoms with van der Waals surface area (Å²) in [6.07, 6.45) is 2.37. The molecule has 0 aromatic carbocycles. The molecule has 0 unspecified atom stereocenters. The summed E-state index contributed by atoms with van der Waals surface area (Å²) in [4.78, 5) is 14.8. The standard InChI is InChI=1S/C11H20N6O/c1-7(2)6-17(8-4-5-8)10-13-9(16-12)14-11(15-10)18-3/h7-8H,4-6,12H2,1-3H3,(H,13,14,15,16). The van der Waals surface area contributed by atoms with Crippen LogP contribution in [0.4, 0.5) is 11.9 Å². The lowest BCUT2D eigenvalue weighted by Gasteiger charge is -2.24. The number of nitrogens with two attached hydrogens (primary N) is 1. The van der Waals surface area contributed by atoms with Crippen LogP contribution in [-0.2, 0) is 0 Å². The molecule has 7 heteroatoms. The highest BCUT2D eigenvalue weighted by Crippen LogP contribution is 2.31. The molecule has 7 nitrogen and oxygen atoms in total. The Morgan fingerprint density at radius 3 is 2.61 bits per heavy atom. The lowest BCUT2D eigenvalue weighted by molar-refractivity contribution is 0.378. The van der Waals surface area contributed by atoms with Gasteiger partial charge in [0.1, 0.15) is 0 Å². The first-order valence-corrected chi connectivity index (χ1v) is 6.17. The molecule has 1 aromatic rings. The summed E-state index contributed by atoms with van der Waals surface area (Å²) >= 11 is 0. The largest absolute Gasteiger partial charge is 0.467 e. The molecule has 0 aliphatic heterocycles. The van der Waals surface area contributed by atoms with E-state index in [0.717, 1.165) is 6.54 Å². The zero-order valence-electron chi connectivity index (χ0n) is 11.1. The van der Waals surface area contributed by atoms with Crippen molar-refractivity contribution in [2.45, 2.75) is 32.7 Å². The predicted molar refractivity (Wildman–Crippen MR) is 69.4 cm³/mol. The van der Waals surface area contributed by atoms with Crippen molar-refractivity contribution >= 4 is 11.9 Å². The molecule has 2 rings (SSSR count). The van der Waals surface area contributed by atoms with E-state index < -0.39 is 0 Å². The van der Waals surface area contributed by atoms with E-state index in [9.17, 15) is 0 Å². The number of ether oxygens (including phenoxy) is 1. The second kappa shape index (κ2) is 5.34. The van der Waals surface area contributed by atoms with Crippen LogP contribution in [0.15, 0.2) is 0 Å². The summed E-state index contributed by atoms with van der Waals surface area (Å²) in [6, 6.07) is 0.812. The highest BCUT2D eigenvalue weighted by atomic mass is 16.5. The monoisotopic (exact) mass is 252 g/mol. The molecule has 1 aliphatic rings. The van der Waals surface area contributed by atoms with E-state index in [0.29, 0.717) is 23.9 Å². The van der Waals surface area contributed by atoms with Gasteiger partial charge in [-0.15, -0.1) is 0 Å². The fraction of sp³-hybridized carbons (Fsp3) is 0.727. The Morgan fingerprint density at radius 2 is 2.11 bits per heavy atom. The van der Waals surface area contributed by atoms with Crippen LogP contribution in [0.25, 0.3) is 0 Å². The van der Waals surface area contributed by atoms with Gasteiger partial charge in [-0.25, -0.2) is 5.84 Å². The van der Waals surface area contributed by atoms with Crippen molar-refractivity contribution in [2.24, 2.45) is 11.8 Å². The Bertz CT molecular complexity index is 384. The number of aromatic nitrogens is 3. The molecule has 100 valence electrons. The van der Waals surface area contributed by atoms with Gasteiger partial charge in [-0.1, -0.05) is 13.8 Å². The van der Waals surface area contributed by atoms with Crippen molar-refractivity contribution in [2.75, 3.05) is 24.0 Å². The summed E-state index contributed by atoms with van der Waals surface area (Å²) in [7, 11) is 1.53. The van der Waals surface area contributed by atoms with Crippen molar-refractivity contribution in [3.05, 3.63) is 0 Å². The van der Waals surface area contributed by atoms with Gasteiger partial charge in [-0.2, -0.15) is 15.0 Å². The minimum absolute atomic E-state index is 0.280. The van der Waals surface area contributed by atoms with Crippen LogP contribution in [0.2, 0.25) is 0 Å². The number of nitrogens with zero attached hydrogens (tertiary/aromatic N) is 4. The van der Waals surface area contributed by atoms with Gasteiger partial charge in [0.2, 0.25) is 11.9 Å². The van der Waals surface area contributed by atoms with Gasteiger partial charge in [0.05, 0.1) is 7.11 Å². The SMILES string of the molecule is COc1nc(NN)nc(N(CC(C)C)C2CC2)n1. The number of nitrogen functional groups attached to an aromatic ring is 1. The molecule has 18 heavy (non-hydrogen) atoms.